The largest absolute Gasteiger partial charge is 0.359 e. The molecular weight excluding hydrogens is 266 g/mol. The second kappa shape index (κ2) is 5.85. The Kier molecular flexibility index (Phi) is 3.92. The summed E-state index contributed by atoms with van der Waals surface area (Å²) in [5, 5.41) is 15.8. The molecule has 2 heterocycles. The first-order valence-electron chi connectivity index (χ1n) is 7.51. The molecule has 1 fully saturated rings. The lowest BCUT2D eigenvalue weighted by molar-refractivity contribution is -0.808. The Morgan fingerprint density at radius 3 is 2.62 bits per heavy atom. The third-order valence-corrected chi connectivity index (χ3v) is 4.27. The van der Waals surface area contributed by atoms with E-state index in [0.29, 0.717) is 22.8 Å². The lowest BCUT2D eigenvalue weighted by atomic mass is 9.99. The number of piperidine rings is 1. The fourth-order valence-electron chi connectivity index (χ4n) is 2.76. The minimum Gasteiger partial charge on any atom is -0.359 e. The highest BCUT2D eigenvalue weighted by atomic mass is 16.8. The van der Waals surface area contributed by atoms with Gasteiger partial charge in [-0.05, 0) is 43.7 Å². The van der Waals surface area contributed by atoms with E-state index in [1.807, 2.05) is 31.2 Å². The second-order valence-electron chi connectivity index (χ2n) is 6.05. The molecule has 21 heavy (non-hydrogen) atoms. The first-order valence-corrected chi connectivity index (χ1v) is 7.51. The summed E-state index contributed by atoms with van der Waals surface area (Å²) >= 11 is 0. The minimum absolute atomic E-state index is 0.549. The SMILES string of the molecule is Cc1ccc(-c2no[n+]([O-])c2CN2CCC(C)CC2)cc1. The van der Waals surface area contributed by atoms with E-state index in [-0.39, 0.29) is 0 Å². The maximum Gasteiger partial charge on any atom is 0.252 e. The lowest BCUT2D eigenvalue weighted by Gasteiger charge is -2.29. The molecule has 5 heteroatoms. The summed E-state index contributed by atoms with van der Waals surface area (Å²) in [4.78, 5) is 2.85. The van der Waals surface area contributed by atoms with Crippen LogP contribution >= 0.6 is 0 Å². The first-order chi connectivity index (χ1) is 10.1. The molecule has 3 rings (SSSR count). The molecule has 1 aliphatic heterocycles. The van der Waals surface area contributed by atoms with E-state index in [4.69, 9.17) is 4.63 Å². The molecule has 0 amide bonds. The van der Waals surface area contributed by atoms with E-state index in [1.54, 1.807) is 0 Å². The standard InChI is InChI=1S/C16H21N3O2/c1-12-3-5-14(6-4-12)16-15(19(20)21-17-16)11-18-9-7-13(2)8-10-18/h3-6,13H,7-11H2,1-2H3. The summed E-state index contributed by atoms with van der Waals surface area (Å²) in [7, 11) is 0. The molecule has 0 radical (unpaired) electrons. The van der Waals surface area contributed by atoms with Crippen LogP contribution in [0.5, 0.6) is 0 Å². The van der Waals surface area contributed by atoms with Crippen LogP contribution in [0, 0.1) is 18.0 Å². The molecule has 0 unspecified atom stereocenters. The Balaban J connectivity index is 1.82. The molecule has 0 saturated carbocycles. The van der Waals surface area contributed by atoms with Crippen LogP contribution in [0.2, 0.25) is 0 Å². The van der Waals surface area contributed by atoms with Crippen LogP contribution in [-0.4, -0.2) is 23.1 Å². The van der Waals surface area contributed by atoms with E-state index in [0.717, 1.165) is 24.6 Å². The van der Waals surface area contributed by atoms with Crippen LogP contribution in [0.3, 0.4) is 0 Å². The van der Waals surface area contributed by atoms with Gasteiger partial charge in [-0.25, -0.2) is 0 Å². The van der Waals surface area contributed by atoms with Crippen molar-refractivity contribution >= 4 is 0 Å². The molecule has 2 aromatic rings. The molecule has 0 atom stereocenters. The third-order valence-electron chi connectivity index (χ3n) is 4.27. The second-order valence-corrected chi connectivity index (χ2v) is 6.05. The van der Waals surface area contributed by atoms with E-state index >= 15 is 0 Å². The van der Waals surface area contributed by atoms with Gasteiger partial charge in [0, 0.05) is 10.7 Å². The minimum atomic E-state index is 0.549. The number of hydrogen-bond acceptors (Lipinski definition) is 4. The number of nitrogens with zero attached hydrogens (tertiary/aromatic N) is 3. The predicted molar refractivity (Wildman–Crippen MR) is 79.3 cm³/mol. The zero-order chi connectivity index (χ0) is 14.8. The van der Waals surface area contributed by atoms with Crippen molar-refractivity contribution in [3.05, 3.63) is 40.7 Å². The highest BCUT2D eigenvalue weighted by Crippen LogP contribution is 2.23. The van der Waals surface area contributed by atoms with Crippen LogP contribution in [0.4, 0.5) is 0 Å². The number of likely N-dealkylation sites (tertiary alicyclic amines) is 1. The van der Waals surface area contributed by atoms with Crippen molar-refractivity contribution in [3.63, 3.8) is 0 Å². The fraction of sp³-hybridized carbons (Fsp3) is 0.500. The Bertz CT molecular complexity index is 598. The Morgan fingerprint density at radius 2 is 1.95 bits per heavy atom. The molecule has 0 bridgehead atoms. The molecule has 112 valence electrons. The predicted octanol–water partition coefficient (Wildman–Crippen LogP) is 2.52. The summed E-state index contributed by atoms with van der Waals surface area (Å²) in [6.07, 6.45) is 2.37. The van der Waals surface area contributed by atoms with Gasteiger partial charge < -0.3 is 5.21 Å². The Labute approximate surface area is 124 Å². The van der Waals surface area contributed by atoms with Gasteiger partial charge in [0.05, 0.1) is 6.54 Å². The normalized spacial score (nSPS) is 17.2. The smallest absolute Gasteiger partial charge is 0.252 e. The van der Waals surface area contributed by atoms with Crippen molar-refractivity contribution in [2.75, 3.05) is 13.1 Å². The summed E-state index contributed by atoms with van der Waals surface area (Å²) in [5.41, 5.74) is 3.38. The Morgan fingerprint density at radius 1 is 1.29 bits per heavy atom. The highest BCUT2D eigenvalue weighted by Gasteiger charge is 2.25. The average Bonchev–Trinajstić information content (AvgIpc) is 2.84. The lowest BCUT2D eigenvalue weighted by Crippen LogP contribution is -2.37. The van der Waals surface area contributed by atoms with Crippen LogP contribution < -0.4 is 4.90 Å². The maximum absolute atomic E-state index is 11.9. The van der Waals surface area contributed by atoms with Crippen molar-refractivity contribution in [1.29, 1.82) is 0 Å². The summed E-state index contributed by atoms with van der Waals surface area (Å²) < 4.78 is 4.83. The molecule has 1 saturated heterocycles. The molecule has 5 nitrogen and oxygen atoms in total. The molecular formula is C16H21N3O2. The number of rotatable bonds is 3. The molecule has 0 N–H and O–H groups in total. The molecule has 1 aromatic heterocycles. The fourth-order valence-corrected chi connectivity index (χ4v) is 2.76. The van der Waals surface area contributed by atoms with Gasteiger partial charge in [-0.3, -0.25) is 9.53 Å². The summed E-state index contributed by atoms with van der Waals surface area (Å²) in [5.74, 6) is 0.777. The van der Waals surface area contributed by atoms with Crippen molar-refractivity contribution in [1.82, 2.24) is 10.1 Å². The zero-order valence-corrected chi connectivity index (χ0v) is 12.6. The first kappa shape index (κ1) is 14.1. The number of hydrogen-bond donors (Lipinski definition) is 0. The van der Waals surface area contributed by atoms with Gasteiger partial charge in [0.1, 0.15) is 0 Å². The number of benzene rings is 1. The van der Waals surface area contributed by atoms with Crippen LogP contribution in [-0.2, 0) is 6.54 Å². The van der Waals surface area contributed by atoms with Crippen LogP contribution in [0.15, 0.2) is 28.9 Å². The molecule has 0 aliphatic carbocycles. The molecule has 0 spiro atoms. The van der Waals surface area contributed by atoms with Gasteiger partial charge >= 0.3 is 0 Å². The van der Waals surface area contributed by atoms with E-state index in [9.17, 15) is 5.21 Å². The van der Waals surface area contributed by atoms with Gasteiger partial charge in [0.15, 0.2) is 0 Å². The highest BCUT2D eigenvalue weighted by molar-refractivity contribution is 5.60. The van der Waals surface area contributed by atoms with Gasteiger partial charge in [0.2, 0.25) is 5.69 Å². The van der Waals surface area contributed by atoms with Gasteiger partial charge in [-0.2, -0.15) is 0 Å². The zero-order valence-electron chi connectivity index (χ0n) is 12.6. The van der Waals surface area contributed by atoms with Gasteiger partial charge in [-0.15, -0.1) is 0 Å². The van der Waals surface area contributed by atoms with Crippen molar-refractivity contribution in [2.24, 2.45) is 5.92 Å². The molecule has 1 aliphatic rings. The third kappa shape index (κ3) is 3.08. The summed E-state index contributed by atoms with van der Waals surface area (Å²) in [6, 6.07) is 8.00. The monoisotopic (exact) mass is 287 g/mol. The van der Waals surface area contributed by atoms with Crippen molar-refractivity contribution < 1.29 is 9.53 Å². The number of aryl methyl sites for hydroxylation is 1. The topological polar surface area (TPSA) is 56.2 Å². The number of aromatic nitrogens is 2. The van der Waals surface area contributed by atoms with Crippen molar-refractivity contribution in [2.45, 2.75) is 33.2 Å². The maximum atomic E-state index is 11.9. The Hall–Kier alpha value is -1.88. The van der Waals surface area contributed by atoms with Gasteiger partial charge in [-0.1, -0.05) is 36.8 Å². The van der Waals surface area contributed by atoms with Crippen LogP contribution in [0.25, 0.3) is 11.3 Å². The van der Waals surface area contributed by atoms with Gasteiger partial charge in [0.25, 0.3) is 5.69 Å². The van der Waals surface area contributed by atoms with E-state index in [1.165, 1.54) is 18.4 Å². The van der Waals surface area contributed by atoms with E-state index in [2.05, 4.69) is 17.0 Å². The van der Waals surface area contributed by atoms with E-state index < -0.39 is 0 Å². The molecule has 1 aromatic carbocycles. The quantitative estimate of drug-likeness (QED) is 0.814. The van der Waals surface area contributed by atoms with Crippen molar-refractivity contribution in [3.8, 4) is 11.3 Å². The summed E-state index contributed by atoms with van der Waals surface area (Å²) in [6.45, 7) is 6.97. The van der Waals surface area contributed by atoms with Crippen LogP contribution in [0.1, 0.15) is 31.0 Å². The average molecular weight is 287 g/mol.